The van der Waals surface area contributed by atoms with Gasteiger partial charge in [0.1, 0.15) is 6.04 Å². The molecule has 19 heavy (non-hydrogen) atoms. The summed E-state index contributed by atoms with van der Waals surface area (Å²) in [6, 6.07) is -0.713. The van der Waals surface area contributed by atoms with Crippen molar-refractivity contribution in [3.8, 4) is 0 Å². The molecule has 0 fully saturated rings. The lowest BCUT2D eigenvalue weighted by Gasteiger charge is -2.07. The van der Waals surface area contributed by atoms with Gasteiger partial charge in [0.2, 0.25) is 5.95 Å². The van der Waals surface area contributed by atoms with Crippen LogP contribution in [-0.2, 0) is 4.79 Å². The Bertz CT molecular complexity index is 618. The van der Waals surface area contributed by atoms with Gasteiger partial charge in [0, 0.05) is 0 Å². The van der Waals surface area contributed by atoms with Gasteiger partial charge in [-0.15, -0.1) is 5.10 Å². The van der Waals surface area contributed by atoms with Gasteiger partial charge >= 0.3 is 5.97 Å². The molecule has 10 heteroatoms. The molecule has 0 radical (unpaired) electrons. The third kappa shape index (κ3) is 3.74. The van der Waals surface area contributed by atoms with Gasteiger partial charge in [-0.1, -0.05) is 19.1 Å². The minimum Gasteiger partial charge on any atom is -0.480 e. The van der Waals surface area contributed by atoms with Crippen molar-refractivity contribution in [2.75, 3.05) is 5.73 Å². The van der Waals surface area contributed by atoms with E-state index < -0.39 is 12.0 Å². The van der Waals surface area contributed by atoms with E-state index in [0.29, 0.717) is 5.65 Å². The van der Waals surface area contributed by atoms with Gasteiger partial charge in [0.25, 0.3) is 5.56 Å². The maximum atomic E-state index is 11.0. The Labute approximate surface area is 107 Å². The molecular weight excluding hydrogens is 254 g/mol. The van der Waals surface area contributed by atoms with Gasteiger partial charge in [-0.05, 0) is 5.92 Å². The highest BCUT2D eigenvalue weighted by atomic mass is 16.4. The lowest BCUT2D eigenvalue weighted by molar-refractivity contribution is -0.139. The van der Waals surface area contributed by atoms with Crippen molar-refractivity contribution < 1.29 is 9.90 Å². The van der Waals surface area contributed by atoms with Crippen LogP contribution in [0.3, 0.4) is 0 Å². The number of carboxylic acid groups (broad SMARTS) is 1. The lowest BCUT2D eigenvalue weighted by Crippen LogP contribution is -2.34. The lowest BCUT2D eigenvalue weighted by atomic mass is 10.1. The molecule has 0 spiro atoms. The Hall–Kier alpha value is -2.49. The minimum atomic E-state index is -0.931. The molecule has 104 valence electrons. The van der Waals surface area contributed by atoms with Crippen LogP contribution in [0.5, 0.6) is 0 Å². The Balaban J connectivity index is 0.000000203. The van der Waals surface area contributed by atoms with E-state index in [0.717, 1.165) is 0 Å². The van der Waals surface area contributed by atoms with Crippen LogP contribution < -0.4 is 17.0 Å². The SMILES string of the molecule is CC(C)[C@H](N)C(=O)O.Nc1nc2[nH]nnc2c(=O)[nH]1. The van der Waals surface area contributed by atoms with Crippen molar-refractivity contribution in [3.63, 3.8) is 0 Å². The van der Waals surface area contributed by atoms with E-state index >= 15 is 0 Å². The van der Waals surface area contributed by atoms with Crippen LogP contribution >= 0.6 is 0 Å². The second kappa shape index (κ2) is 5.91. The zero-order valence-corrected chi connectivity index (χ0v) is 10.4. The van der Waals surface area contributed by atoms with Crippen LogP contribution in [0.15, 0.2) is 4.79 Å². The zero-order valence-electron chi connectivity index (χ0n) is 10.4. The number of aromatic nitrogens is 5. The number of nitrogens with one attached hydrogen (secondary N) is 2. The van der Waals surface area contributed by atoms with Crippen molar-refractivity contribution in [1.29, 1.82) is 0 Å². The maximum absolute atomic E-state index is 11.0. The number of carboxylic acids is 1. The van der Waals surface area contributed by atoms with E-state index in [1.165, 1.54) is 0 Å². The predicted octanol–water partition coefficient (Wildman–Crippen LogP) is -1.32. The van der Waals surface area contributed by atoms with Crippen LogP contribution in [0.1, 0.15) is 13.8 Å². The summed E-state index contributed by atoms with van der Waals surface area (Å²) < 4.78 is 0. The van der Waals surface area contributed by atoms with Gasteiger partial charge < -0.3 is 16.6 Å². The number of hydrogen-bond acceptors (Lipinski definition) is 7. The molecule has 0 saturated carbocycles. The van der Waals surface area contributed by atoms with E-state index in [1.807, 2.05) is 0 Å². The number of hydrogen-bond donors (Lipinski definition) is 5. The fraction of sp³-hybridized carbons (Fsp3) is 0.444. The highest BCUT2D eigenvalue weighted by Gasteiger charge is 2.14. The summed E-state index contributed by atoms with van der Waals surface area (Å²) in [6.07, 6.45) is 0. The van der Waals surface area contributed by atoms with Crippen LogP contribution in [0, 0.1) is 5.92 Å². The van der Waals surface area contributed by atoms with Crippen LogP contribution in [0.2, 0.25) is 0 Å². The molecule has 2 aromatic heterocycles. The molecule has 0 aliphatic rings. The molecule has 0 aromatic carbocycles. The summed E-state index contributed by atoms with van der Waals surface area (Å²) in [4.78, 5) is 27.0. The second-order valence-corrected chi connectivity index (χ2v) is 4.07. The third-order valence-corrected chi connectivity index (χ3v) is 2.22. The normalized spacial score (nSPS) is 12.0. The first kappa shape index (κ1) is 14.6. The van der Waals surface area contributed by atoms with E-state index in [2.05, 4.69) is 25.4 Å². The largest absolute Gasteiger partial charge is 0.480 e. The van der Waals surface area contributed by atoms with E-state index in [1.54, 1.807) is 13.8 Å². The summed E-state index contributed by atoms with van der Waals surface area (Å²) in [5, 5.41) is 17.5. The summed E-state index contributed by atoms with van der Waals surface area (Å²) in [6.45, 7) is 3.55. The van der Waals surface area contributed by atoms with Crippen LogP contribution in [-0.4, -0.2) is 42.5 Å². The number of aromatic amines is 2. The zero-order chi connectivity index (χ0) is 14.6. The molecule has 0 unspecified atom stereocenters. The molecule has 7 N–H and O–H groups in total. The average Bonchev–Trinajstić information content (AvgIpc) is 2.76. The molecule has 2 heterocycles. The molecule has 0 bridgehead atoms. The van der Waals surface area contributed by atoms with Crippen molar-refractivity contribution in [2.24, 2.45) is 11.7 Å². The Morgan fingerprint density at radius 3 is 2.53 bits per heavy atom. The third-order valence-electron chi connectivity index (χ3n) is 2.22. The summed E-state index contributed by atoms with van der Waals surface area (Å²) in [5.41, 5.74) is 10.5. The Morgan fingerprint density at radius 1 is 1.42 bits per heavy atom. The summed E-state index contributed by atoms with van der Waals surface area (Å²) >= 11 is 0. The molecule has 10 nitrogen and oxygen atoms in total. The molecular formula is C9H15N7O3. The monoisotopic (exact) mass is 269 g/mol. The quantitative estimate of drug-likeness (QED) is 0.445. The van der Waals surface area contributed by atoms with E-state index in [4.69, 9.17) is 16.6 Å². The smallest absolute Gasteiger partial charge is 0.320 e. The highest BCUT2D eigenvalue weighted by molar-refractivity contribution is 5.73. The topological polar surface area (TPSA) is 177 Å². The van der Waals surface area contributed by atoms with Crippen LogP contribution in [0.4, 0.5) is 5.95 Å². The Morgan fingerprint density at radius 2 is 2.05 bits per heavy atom. The highest BCUT2D eigenvalue weighted by Crippen LogP contribution is 1.97. The number of nitrogen functional groups attached to an aromatic ring is 1. The number of nitrogens with zero attached hydrogens (tertiary/aromatic N) is 3. The second-order valence-electron chi connectivity index (χ2n) is 4.07. The van der Waals surface area contributed by atoms with E-state index in [9.17, 15) is 9.59 Å². The molecule has 0 amide bonds. The predicted molar refractivity (Wildman–Crippen MR) is 67.2 cm³/mol. The van der Waals surface area contributed by atoms with Crippen molar-refractivity contribution in [2.45, 2.75) is 19.9 Å². The number of nitrogens with two attached hydrogens (primary N) is 2. The minimum absolute atomic E-state index is 0.0208. The number of aliphatic carboxylic acids is 1. The summed E-state index contributed by atoms with van der Waals surface area (Å²) in [5.74, 6) is -0.860. The van der Waals surface area contributed by atoms with Crippen molar-refractivity contribution >= 4 is 23.1 Å². The molecule has 0 aliphatic carbocycles. The van der Waals surface area contributed by atoms with Gasteiger partial charge in [-0.25, -0.2) is 5.10 Å². The first-order valence-electron chi connectivity index (χ1n) is 5.37. The molecule has 2 aromatic rings. The number of H-pyrrole nitrogens is 2. The molecule has 0 aliphatic heterocycles. The van der Waals surface area contributed by atoms with Gasteiger partial charge in [0.15, 0.2) is 11.2 Å². The van der Waals surface area contributed by atoms with E-state index in [-0.39, 0.29) is 22.9 Å². The van der Waals surface area contributed by atoms with Gasteiger partial charge in [0.05, 0.1) is 0 Å². The number of rotatable bonds is 2. The average molecular weight is 269 g/mol. The van der Waals surface area contributed by atoms with Crippen molar-refractivity contribution in [3.05, 3.63) is 10.4 Å². The fourth-order valence-corrected chi connectivity index (χ4v) is 1.06. The maximum Gasteiger partial charge on any atom is 0.320 e. The van der Waals surface area contributed by atoms with Crippen LogP contribution in [0.25, 0.3) is 11.2 Å². The standard InChI is InChI=1S/C5H11NO2.C4H4N6O/c1-3(2)4(6)5(7)8;5-4-6-2-1(3(11)7-4)8-10-9-2/h3-4H,6H2,1-2H3,(H,7,8);(H4,5,6,7,8,9,10,11)/t4-;/m0./s1. The molecule has 1 atom stereocenters. The van der Waals surface area contributed by atoms with Gasteiger partial charge in [-0.2, -0.15) is 4.98 Å². The number of anilines is 1. The molecule has 0 saturated heterocycles. The summed E-state index contributed by atoms with van der Waals surface area (Å²) in [7, 11) is 0. The number of carbonyl (C=O) groups is 1. The molecule has 2 rings (SSSR count). The number of fused-ring (bicyclic) bond motifs is 1. The Kier molecular flexibility index (Phi) is 4.53. The first-order chi connectivity index (χ1) is 8.82. The fourth-order valence-electron chi connectivity index (χ4n) is 1.06. The van der Waals surface area contributed by atoms with Crippen molar-refractivity contribution in [1.82, 2.24) is 25.4 Å². The van der Waals surface area contributed by atoms with Gasteiger partial charge in [-0.3, -0.25) is 14.6 Å². The first-order valence-corrected chi connectivity index (χ1v) is 5.37.